The topological polar surface area (TPSA) is 135 Å². The lowest BCUT2D eigenvalue weighted by Gasteiger charge is -2.12. The van der Waals surface area contributed by atoms with Crippen molar-refractivity contribution in [3.05, 3.63) is 86.8 Å². The number of hydrogen-bond acceptors (Lipinski definition) is 6. The van der Waals surface area contributed by atoms with Crippen molar-refractivity contribution in [1.29, 1.82) is 0 Å². The quantitative estimate of drug-likeness (QED) is 0.233. The van der Waals surface area contributed by atoms with E-state index in [4.69, 9.17) is 16.0 Å². The van der Waals surface area contributed by atoms with E-state index in [0.29, 0.717) is 11.3 Å². The van der Waals surface area contributed by atoms with Gasteiger partial charge < -0.3 is 15.1 Å². The van der Waals surface area contributed by atoms with Crippen LogP contribution in [0.2, 0.25) is 5.02 Å². The fraction of sp³-hybridized carbons (Fsp3) is 0.0870. The Balaban J connectivity index is 1.49. The molecule has 3 aromatic rings. The second-order valence-corrected chi connectivity index (χ2v) is 7.83. The Labute approximate surface area is 197 Å². The Kier molecular flexibility index (Phi) is 6.15. The van der Waals surface area contributed by atoms with Gasteiger partial charge in [-0.2, -0.15) is 0 Å². The molecule has 1 aliphatic heterocycles. The Morgan fingerprint density at radius 2 is 2.00 bits per heavy atom. The van der Waals surface area contributed by atoms with Crippen LogP contribution in [-0.4, -0.2) is 34.2 Å². The van der Waals surface area contributed by atoms with Gasteiger partial charge in [-0.1, -0.05) is 23.7 Å². The highest BCUT2D eigenvalue weighted by Crippen LogP contribution is 2.33. The summed E-state index contributed by atoms with van der Waals surface area (Å²) in [6.45, 7) is 1.40. The number of amides is 4. The van der Waals surface area contributed by atoms with Gasteiger partial charge in [-0.15, -0.1) is 0 Å². The zero-order valence-corrected chi connectivity index (χ0v) is 18.5. The number of halogens is 1. The second kappa shape index (κ2) is 9.20. The van der Waals surface area contributed by atoms with Crippen LogP contribution in [0.4, 0.5) is 16.2 Å². The predicted molar refractivity (Wildman–Crippen MR) is 124 cm³/mol. The number of rotatable bonds is 6. The van der Waals surface area contributed by atoms with Crippen LogP contribution in [0.15, 0.2) is 64.7 Å². The summed E-state index contributed by atoms with van der Waals surface area (Å²) in [5, 5.41) is 16.3. The maximum Gasteiger partial charge on any atom is 0.329 e. The third-order valence-electron chi connectivity index (χ3n) is 4.91. The molecule has 4 amide bonds. The maximum atomic E-state index is 12.7. The van der Waals surface area contributed by atoms with E-state index >= 15 is 0 Å². The summed E-state index contributed by atoms with van der Waals surface area (Å²) < 4.78 is 5.65. The van der Waals surface area contributed by atoms with Crippen molar-refractivity contribution in [3.63, 3.8) is 0 Å². The highest BCUT2D eigenvalue weighted by atomic mass is 35.5. The molecule has 1 saturated heterocycles. The average Bonchev–Trinajstić information content (AvgIpc) is 3.34. The molecule has 10 nitrogen and oxygen atoms in total. The van der Waals surface area contributed by atoms with Crippen molar-refractivity contribution < 1.29 is 23.7 Å². The number of hydrogen-bond donors (Lipinski definition) is 2. The molecular weight excluding hydrogens is 464 g/mol. The molecule has 172 valence electrons. The fourth-order valence-electron chi connectivity index (χ4n) is 3.32. The van der Waals surface area contributed by atoms with Gasteiger partial charge in [0.15, 0.2) is 0 Å². The van der Waals surface area contributed by atoms with Crippen LogP contribution >= 0.6 is 11.6 Å². The van der Waals surface area contributed by atoms with Crippen LogP contribution in [0.25, 0.3) is 17.4 Å². The molecule has 11 heteroatoms. The first-order valence-electron chi connectivity index (χ1n) is 9.96. The number of imide groups is 1. The highest BCUT2D eigenvalue weighted by molar-refractivity contribution is 6.33. The minimum Gasteiger partial charge on any atom is -0.457 e. The number of nitrogens with zero attached hydrogens (tertiary/aromatic N) is 2. The van der Waals surface area contributed by atoms with Gasteiger partial charge in [-0.05, 0) is 42.8 Å². The zero-order valence-electron chi connectivity index (χ0n) is 17.7. The first kappa shape index (κ1) is 22.7. The molecule has 1 aliphatic rings. The average molecular weight is 481 g/mol. The van der Waals surface area contributed by atoms with E-state index < -0.39 is 29.3 Å². The van der Waals surface area contributed by atoms with Crippen molar-refractivity contribution >= 4 is 46.9 Å². The molecule has 1 fully saturated rings. The normalized spacial score (nSPS) is 14.4. The molecule has 0 saturated carbocycles. The van der Waals surface area contributed by atoms with Crippen LogP contribution in [-0.2, 0) is 9.59 Å². The van der Waals surface area contributed by atoms with Gasteiger partial charge in [0.25, 0.3) is 11.6 Å². The molecule has 1 aromatic heterocycles. The molecule has 0 spiro atoms. The van der Waals surface area contributed by atoms with Gasteiger partial charge >= 0.3 is 6.03 Å². The molecule has 0 atom stereocenters. The van der Waals surface area contributed by atoms with E-state index in [-0.39, 0.29) is 27.9 Å². The molecular formula is C23H17ClN4O6. The molecule has 34 heavy (non-hydrogen) atoms. The van der Waals surface area contributed by atoms with Gasteiger partial charge in [-0.3, -0.25) is 19.7 Å². The second-order valence-electron chi connectivity index (χ2n) is 7.42. The molecule has 4 rings (SSSR count). The SMILES string of the molecule is Cc1cccc(NC(=O)CN2C(=O)N/C(=C/c3ccc(-c4cc([N+](=O)[O-])ccc4Cl)o3)C2=O)c1. The lowest BCUT2D eigenvalue weighted by molar-refractivity contribution is -0.384. The van der Waals surface area contributed by atoms with E-state index in [1.807, 2.05) is 13.0 Å². The lowest BCUT2D eigenvalue weighted by Crippen LogP contribution is -2.38. The molecule has 0 unspecified atom stereocenters. The Morgan fingerprint density at radius 1 is 1.21 bits per heavy atom. The standard InChI is InChI=1S/C23H17ClN4O6/c1-13-3-2-4-14(9-13)25-21(29)12-27-22(30)19(26-23(27)31)11-16-6-8-20(34-16)17-10-15(28(32)33)5-7-18(17)24/h2-11H,12H2,1H3,(H,25,29)(H,26,31)/b19-11+. The Bertz CT molecular complexity index is 1360. The van der Waals surface area contributed by atoms with Crippen LogP contribution < -0.4 is 10.6 Å². The van der Waals surface area contributed by atoms with Crippen LogP contribution in [0.3, 0.4) is 0 Å². The number of nitro benzene ring substituents is 1. The number of furan rings is 1. The van der Waals surface area contributed by atoms with Gasteiger partial charge in [-0.25, -0.2) is 9.69 Å². The third-order valence-corrected chi connectivity index (χ3v) is 5.24. The minimum atomic E-state index is -0.746. The molecule has 2 heterocycles. The number of aryl methyl sites for hydroxylation is 1. The van der Waals surface area contributed by atoms with E-state index in [2.05, 4.69) is 10.6 Å². The number of anilines is 1. The Morgan fingerprint density at radius 3 is 2.74 bits per heavy atom. The summed E-state index contributed by atoms with van der Waals surface area (Å²) in [5.41, 5.74) is 1.56. The van der Waals surface area contributed by atoms with Gasteiger partial charge in [0.05, 0.1) is 9.95 Å². The largest absolute Gasteiger partial charge is 0.457 e. The lowest BCUT2D eigenvalue weighted by atomic mass is 10.1. The summed E-state index contributed by atoms with van der Waals surface area (Å²) in [4.78, 5) is 48.5. The van der Waals surface area contributed by atoms with E-state index in [9.17, 15) is 24.5 Å². The molecule has 0 bridgehead atoms. The monoisotopic (exact) mass is 480 g/mol. The fourth-order valence-corrected chi connectivity index (χ4v) is 3.53. The number of benzene rings is 2. The molecule has 2 aromatic carbocycles. The number of nitrogens with one attached hydrogen (secondary N) is 2. The van der Waals surface area contributed by atoms with Crippen molar-refractivity contribution in [2.45, 2.75) is 6.92 Å². The number of carbonyl (C=O) groups is 3. The van der Waals surface area contributed by atoms with E-state index in [1.165, 1.54) is 36.4 Å². The summed E-state index contributed by atoms with van der Waals surface area (Å²) in [5.74, 6) is -0.786. The number of carbonyl (C=O) groups excluding carboxylic acids is 3. The maximum absolute atomic E-state index is 12.7. The number of non-ortho nitro benzene ring substituents is 1. The van der Waals surface area contributed by atoms with Crippen LogP contribution in [0.1, 0.15) is 11.3 Å². The molecule has 0 radical (unpaired) electrons. The van der Waals surface area contributed by atoms with Gasteiger partial charge in [0.1, 0.15) is 23.8 Å². The van der Waals surface area contributed by atoms with E-state index in [1.54, 1.807) is 18.2 Å². The van der Waals surface area contributed by atoms with E-state index in [0.717, 1.165) is 10.5 Å². The van der Waals surface area contributed by atoms with Gasteiger partial charge in [0, 0.05) is 29.5 Å². The highest BCUT2D eigenvalue weighted by Gasteiger charge is 2.35. The Hall–Kier alpha value is -4.44. The molecule has 2 N–H and O–H groups in total. The summed E-state index contributed by atoms with van der Waals surface area (Å²) in [6.07, 6.45) is 1.30. The van der Waals surface area contributed by atoms with Crippen LogP contribution in [0.5, 0.6) is 0 Å². The van der Waals surface area contributed by atoms with Crippen molar-refractivity contribution in [1.82, 2.24) is 10.2 Å². The summed E-state index contributed by atoms with van der Waals surface area (Å²) >= 11 is 6.14. The summed E-state index contributed by atoms with van der Waals surface area (Å²) in [6, 6.07) is 13.3. The first-order valence-corrected chi connectivity index (χ1v) is 10.3. The smallest absolute Gasteiger partial charge is 0.329 e. The van der Waals surface area contributed by atoms with Gasteiger partial charge in [0.2, 0.25) is 5.91 Å². The predicted octanol–water partition coefficient (Wildman–Crippen LogP) is 4.35. The van der Waals surface area contributed by atoms with Crippen LogP contribution in [0, 0.1) is 17.0 Å². The summed E-state index contributed by atoms with van der Waals surface area (Å²) in [7, 11) is 0. The zero-order chi connectivity index (χ0) is 24.4. The van der Waals surface area contributed by atoms with Crippen molar-refractivity contribution in [2.24, 2.45) is 0 Å². The minimum absolute atomic E-state index is 0.0839. The third kappa shape index (κ3) is 4.81. The molecule has 0 aliphatic carbocycles. The van der Waals surface area contributed by atoms with Crippen molar-refractivity contribution in [2.75, 3.05) is 11.9 Å². The van der Waals surface area contributed by atoms with Crippen molar-refractivity contribution in [3.8, 4) is 11.3 Å². The number of urea groups is 1. The first-order chi connectivity index (χ1) is 16.2. The number of nitro groups is 1.